The van der Waals surface area contributed by atoms with Gasteiger partial charge in [-0.15, -0.1) is 0 Å². The zero-order chi connectivity index (χ0) is 9.90. The molecule has 3 N–H and O–H groups in total. The second-order valence-corrected chi connectivity index (χ2v) is 4.49. The number of rotatable bonds is 3. The lowest BCUT2D eigenvalue weighted by atomic mass is 10.2. The maximum absolute atomic E-state index is 10.9. The molecular formula is C8H12NO3P. The first-order chi connectivity index (χ1) is 6.03. The topological polar surface area (TPSA) is 72.5 Å². The highest BCUT2D eigenvalue weighted by atomic mass is 31.2. The Labute approximate surface area is 76.9 Å². The SMILES string of the molecule is CP(=O)(O)Oc1ccccc1CN. The fraction of sp³-hybridized carbons (Fsp3) is 0.250. The van der Waals surface area contributed by atoms with Crippen LogP contribution in [0.5, 0.6) is 5.75 Å². The minimum Gasteiger partial charge on any atom is -0.424 e. The average molecular weight is 201 g/mol. The number of para-hydroxylation sites is 1. The van der Waals surface area contributed by atoms with Gasteiger partial charge < -0.3 is 15.2 Å². The van der Waals surface area contributed by atoms with Gasteiger partial charge in [0.1, 0.15) is 5.75 Å². The van der Waals surface area contributed by atoms with E-state index in [1.165, 1.54) is 0 Å². The largest absolute Gasteiger partial charge is 0.424 e. The predicted molar refractivity (Wildman–Crippen MR) is 50.7 cm³/mol. The molecule has 1 unspecified atom stereocenters. The van der Waals surface area contributed by atoms with Gasteiger partial charge in [-0.25, -0.2) is 4.57 Å². The van der Waals surface area contributed by atoms with Gasteiger partial charge in [0.15, 0.2) is 0 Å². The Balaban J connectivity index is 2.94. The summed E-state index contributed by atoms with van der Waals surface area (Å²) in [6.07, 6.45) is 0. The molecule has 1 rings (SSSR count). The van der Waals surface area contributed by atoms with E-state index < -0.39 is 7.60 Å². The lowest BCUT2D eigenvalue weighted by Crippen LogP contribution is -2.00. The fourth-order valence-corrected chi connectivity index (χ4v) is 1.49. The molecular weight excluding hydrogens is 189 g/mol. The second-order valence-electron chi connectivity index (χ2n) is 2.71. The van der Waals surface area contributed by atoms with Crippen LogP contribution in [0.1, 0.15) is 5.56 Å². The van der Waals surface area contributed by atoms with Crippen LogP contribution in [0.2, 0.25) is 0 Å². The van der Waals surface area contributed by atoms with E-state index >= 15 is 0 Å². The molecule has 0 heterocycles. The first kappa shape index (κ1) is 10.3. The third-order valence-corrected chi connectivity index (χ3v) is 2.00. The number of nitrogens with two attached hydrogens (primary N) is 1. The quantitative estimate of drug-likeness (QED) is 0.724. The van der Waals surface area contributed by atoms with Gasteiger partial charge in [-0.2, -0.15) is 0 Å². The summed E-state index contributed by atoms with van der Waals surface area (Å²) in [7, 11) is -3.48. The number of benzene rings is 1. The van der Waals surface area contributed by atoms with Crippen molar-refractivity contribution in [2.75, 3.05) is 6.66 Å². The van der Waals surface area contributed by atoms with Gasteiger partial charge in [0, 0.05) is 18.8 Å². The summed E-state index contributed by atoms with van der Waals surface area (Å²) >= 11 is 0. The van der Waals surface area contributed by atoms with Gasteiger partial charge in [-0.1, -0.05) is 18.2 Å². The third-order valence-electron chi connectivity index (χ3n) is 1.46. The molecule has 72 valence electrons. The van der Waals surface area contributed by atoms with Crippen LogP contribution >= 0.6 is 7.60 Å². The predicted octanol–water partition coefficient (Wildman–Crippen LogP) is 1.34. The van der Waals surface area contributed by atoms with Gasteiger partial charge in [-0.05, 0) is 6.07 Å². The van der Waals surface area contributed by atoms with E-state index in [1.54, 1.807) is 24.3 Å². The van der Waals surface area contributed by atoms with Crippen molar-refractivity contribution in [2.45, 2.75) is 6.54 Å². The Morgan fingerprint density at radius 2 is 2.15 bits per heavy atom. The Morgan fingerprint density at radius 3 is 2.69 bits per heavy atom. The van der Waals surface area contributed by atoms with E-state index in [1.807, 2.05) is 0 Å². The molecule has 0 amide bonds. The van der Waals surface area contributed by atoms with Crippen LogP contribution in [0.4, 0.5) is 0 Å². The molecule has 0 aliphatic carbocycles. The summed E-state index contributed by atoms with van der Waals surface area (Å²) < 4.78 is 15.8. The highest BCUT2D eigenvalue weighted by molar-refractivity contribution is 7.52. The Kier molecular flexibility index (Phi) is 3.09. The molecule has 4 nitrogen and oxygen atoms in total. The van der Waals surface area contributed by atoms with Crippen molar-refractivity contribution in [3.8, 4) is 5.75 Å². The Hall–Kier alpha value is -0.830. The van der Waals surface area contributed by atoms with Crippen molar-refractivity contribution in [3.63, 3.8) is 0 Å². The van der Waals surface area contributed by atoms with Crippen LogP contribution in [0.15, 0.2) is 24.3 Å². The molecule has 0 radical (unpaired) electrons. The van der Waals surface area contributed by atoms with E-state index in [9.17, 15) is 4.57 Å². The standard InChI is InChI=1S/C8H12NO3P/c1-13(10,11)12-8-5-3-2-4-7(8)6-9/h2-5H,6,9H2,1H3,(H,10,11). The van der Waals surface area contributed by atoms with Crippen molar-refractivity contribution >= 4 is 7.60 Å². The van der Waals surface area contributed by atoms with Gasteiger partial charge in [0.25, 0.3) is 0 Å². The van der Waals surface area contributed by atoms with E-state index in [0.29, 0.717) is 5.75 Å². The molecule has 1 aromatic rings. The molecule has 5 heteroatoms. The molecule has 1 atom stereocenters. The molecule has 0 saturated carbocycles. The third kappa shape index (κ3) is 3.19. The second kappa shape index (κ2) is 3.92. The van der Waals surface area contributed by atoms with Crippen LogP contribution < -0.4 is 10.3 Å². The lowest BCUT2D eigenvalue weighted by Gasteiger charge is -2.11. The lowest BCUT2D eigenvalue weighted by molar-refractivity contribution is 0.386. The van der Waals surface area contributed by atoms with E-state index in [4.69, 9.17) is 15.2 Å². The molecule has 13 heavy (non-hydrogen) atoms. The van der Waals surface area contributed by atoms with E-state index in [-0.39, 0.29) is 6.54 Å². The van der Waals surface area contributed by atoms with Gasteiger partial charge in [0.2, 0.25) is 0 Å². The Bertz CT molecular complexity index is 334. The zero-order valence-electron chi connectivity index (χ0n) is 7.30. The normalized spacial score (nSPS) is 15.0. The summed E-state index contributed by atoms with van der Waals surface area (Å²) in [4.78, 5) is 8.98. The molecule has 0 aliphatic rings. The average Bonchev–Trinajstić information content (AvgIpc) is 2.02. The summed E-state index contributed by atoms with van der Waals surface area (Å²) in [5.74, 6) is 0.373. The number of hydrogen-bond donors (Lipinski definition) is 2. The molecule has 1 aromatic carbocycles. The maximum Gasteiger partial charge on any atom is 0.373 e. The molecule has 0 spiro atoms. The van der Waals surface area contributed by atoms with Crippen LogP contribution in [-0.4, -0.2) is 11.6 Å². The minimum atomic E-state index is -3.48. The maximum atomic E-state index is 10.9. The molecule has 0 saturated heterocycles. The summed E-state index contributed by atoms with van der Waals surface area (Å²) in [5.41, 5.74) is 6.14. The first-order valence-corrected chi connectivity index (χ1v) is 5.83. The minimum absolute atomic E-state index is 0.288. The molecule has 0 aliphatic heterocycles. The van der Waals surface area contributed by atoms with Crippen molar-refractivity contribution < 1.29 is 14.0 Å². The van der Waals surface area contributed by atoms with Crippen LogP contribution in [-0.2, 0) is 11.1 Å². The Morgan fingerprint density at radius 1 is 1.54 bits per heavy atom. The molecule has 0 aromatic heterocycles. The summed E-state index contributed by atoms with van der Waals surface area (Å²) in [5, 5.41) is 0. The van der Waals surface area contributed by atoms with Crippen LogP contribution in [0.25, 0.3) is 0 Å². The first-order valence-electron chi connectivity index (χ1n) is 3.81. The fourth-order valence-electron chi connectivity index (χ4n) is 0.944. The van der Waals surface area contributed by atoms with Crippen molar-refractivity contribution in [3.05, 3.63) is 29.8 Å². The smallest absolute Gasteiger partial charge is 0.373 e. The molecule has 0 bridgehead atoms. The van der Waals surface area contributed by atoms with Crippen LogP contribution in [0.3, 0.4) is 0 Å². The monoisotopic (exact) mass is 201 g/mol. The number of hydrogen-bond acceptors (Lipinski definition) is 3. The van der Waals surface area contributed by atoms with E-state index in [2.05, 4.69) is 0 Å². The summed E-state index contributed by atoms with van der Waals surface area (Å²) in [6.45, 7) is 1.43. The van der Waals surface area contributed by atoms with Crippen LogP contribution in [0, 0.1) is 0 Å². The van der Waals surface area contributed by atoms with Crippen molar-refractivity contribution in [1.29, 1.82) is 0 Å². The zero-order valence-corrected chi connectivity index (χ0v) is 8.20. The van der Waals surface area contributed by atoms with Crippen molar-refractivity contribution in [1.82, 2.24) is 0 Å². The van der Waals surface area contributed by atoms with Crippen molar-refractivity contribution in [2.24, 2.45) is 5.73 Å². The van der Waals surface area contributed by atoms with Gasteiger partial charge in [-0.3, -0.25) is 0 Å². The highest BCUT2D eigenvalue weighted by Gasteiger charge is 2.13. The van der Waals surface area contributed by atoms with Gasteiger partial charge in [0.05, 0.1) is 0 Å². The highest BCUT2D eigenvalue weighted by Crippen LogP contribution is 2.39. The molecule has 0 fully saturated rings. The summed E-state index contributed by atoms with van der Waals surface area (Å²) in [6, 6.07) is 6.90. The van der Waals surface area contributed by atoms with Gasteiger partial charge >= 0.3 is 7.60 Å². The van der Waals surface area contributed by atoms with E-state index in [0.717, 1.165) is 12.2 Å².